The lowest BCUT2D eigenvalue weighted by molar-refractivity contribution is -0.123. The van der Waals surface area contributed by atoms with E-state index in [1.54, 1.807) is 31.2 Å². The Morgan fingerprint density at radius 1 is 0.879 bits per heavy atom. The molecule has 0 saturated heterocycles. The Labute approximate surface area is 197 Å². The van der Waals surface area contributed by atoms with E-state index in [-0.39, 0.29) is 15.7 Å². The SMILES string of the molecule is Cc1ccc(S(=O)(=O)NC(CC(C)C)C(=O)NC(C)c2ccc(S(=O)(=O)N(C)C)cc2)cc1. The van der Waals surface area contributed by atoms with Gasteiger partial charge in [-0.1, -0.05) is 43.7 Å². The molecule has 2 unspecified atom stereocenters. The van der Waals surface area contributed by atoms with Crippen LogP contribution in [0.3, 0.4) is 0 Å². The number of carbonyl (C=O) groups is 1. The van der Waals surface area contributed by atoms with Gasteiger partial charge in [-0.3, -0.25) is 4.79 Å². The predicted octanol–water partition coefficient (Wildman–Crippen LogP) is 2.82. The van der Waals surface area contributed by atoms with Crippen molar-refractivity contribution in [3.63, 3.8) is 0 Å². The van der Waals surface area contributed by atoms with Gasteiger partial charge in [-0.2, -0.15) is 4.72 Å². The fourth-order valence-electron chi connectivity index (χ4n) is 3.19. The summed E-state index contributed by atoms with van der Waals surface area (Å²) in [5.74, 6) is -0.371. The summed E-state index contributed by atoms with van der Waals surface area (Å²) in [5.41, 5.74) is 1.63. The number of rotatable bonds is 10. The number of hydrogen-bond donors (Lipinski definition) is 2. The van der Waals surface area contributed by atoms with Gasteiger partial charge in [0.25, 0.3) is 0 Å². The van der Waals surface area contributed by atoms with E-state index in [2.05, 4.69) is 10.0 Å². The summed E-state index contributed by atoms with van der Waals surface area (Å²) in [6.45, 7) is 7.44. The lowest BCUT2D eigenvalue weighted by Crippen LogP contribution is -2.47. The molecule has 2 aromatic carbocycles. The lowest BCUT2D eigenvalue weighted by atomic mass is 10.0. The van der Waals surface area contributed by atoms with Crippen LogP contribution in [0, 0.1) is 12.8 Å². The van der Waals surface area contributed by atoms with Gasteiger partial charge < -0.3 is 5.32 Å². The second kappa shape index (κ2) is 10.8. The van der Waals surface area contributed by atoms with Crippen LogP contribution < -0.4 is 10.0 Å². The van der Waals surface area contributed by atoms with Crippen molar-refractivity contribution in [2.24, 2.45) is 5.92 Å². The molecular formula is C23H33N3O5S2. The van der Waals surface area contributed by atoms with E-state index < -0.39 is 38.0 Å². The Bertz CT molecular complexity index is 1160. The van der Waals surface area contributed by atoms with Crippen LogP contribution in [-0.4, -0.2) is 47.2 Å². The van der Waals surface area contributed by atoms with Crippen LogP contribution in [0.5, 0.6) is 0 Å². The molecular weight excluding hydrogens is 462 g/mol. The van der Waals surface area contributed by atoms with E-state index in [1.807, 2.05) is 20.8 Å². The number of nitrogens with one attached hydrogen (secondary N) is 2. The molecule has 1 amide bonds. The summed E-state index contributed by atoms with van der Waals surface area (Å²) in [6.07, 6.45) is 0.323. The maximum atomic E-state index is 13.0. The molecule has 0 aliphatic rings. The molecule has 0 heterocycles. The Morgan fingerprint density at radius 2 is 1.39 bits per heavy atom. The van der Waals surface area contributed by atoms with Crippen LogP contribution in [0.2, 0.25) is 0 Å². The number of nitrogens with zero attached hydrogens (tertiary/aromatic N) is 1. The van der Waals surface area contributed by atoms with E-state index >= 15 is 0 Å². The van der Waals surface area contributed by atoms with E-state index in [0.29, 0.717) is 12.0 Å². The molecule has 182 valence electrons. The van der Waals surface area contributed by atoms with Crippen molar-refractivity contribution in [2.45, 2.75) is 56.0 Å². The Balaban J connectivity index is 2.18. The second-order valence-corrected chi connectivity index (χ2v) is 12.6. The Morgan fingerprint density at radius 3 is 1.88 bits per heavy atom. The van der Waals surface area contributed by atoms with Crippen LogP contribution in [0.1, 0.15) is 44.4 Å². The highest BCUT2D eigenvalue weighted by atomic mass is 32.2. The van der Waals surface area contributed by atoms with Gasteiger partial charge in [-0.05, 0) is 56.0 Å². The van der Waals surface area contributed by atoms with Gasteiger partial charge in [0.2, 0.25) is 26.0 Å². The van der Waals surface area contributed by atoms with E-state index in [0.717, 1.165) is 9.87 Å². The average molecular weight is 496 g/mol. The van der Waals surface area contributed by atoms with Gasteiger partial charge in [0, 0.05) is 14.1 Å². The zero-order valence-electron chi connectivity index (χ0n) is 19.9. The third-order valence-corrected chi connectivity index (χ3v) is 8.49. The molecule has 0 aliphatic heterocycles. The fourth-order valence-corrected chi connectivity index (χ4v) is 5.30. The fraction of sp³-hybridized carbons (Fsp3) is 0.435. The van der Waals surface area contributed by atoms with Crippen molar-refractivity contribution in [1.29, 1.82) is 0 Å². The van der Waals surface area contributed by atoms with Gasteiger partial charge >= 0.3 is 0 Å². The molecule has 0 fully saturated rings. The van der Waals surface area contributed by atoms with Crippen LogP contribution >= 0.6 is 0 Å². The molecule has 0 radical (unpaired) electrons. The number of benzene rings is 2. The third kappa shape index (κ3) is 7.10. The number of aryl methyl sites for hydroxylation is 1. The predicted molar refractivity (Wildman–Crippen MR) is 129 cm³/mol. The molecule has 2 atom stereocenters. The molecule has 10 heteroatoms. The molecule has 8 nitrogen and oxygen atoms in total. The monoisotopic (exact) mass is 495 g/mol. The van der Waals surface area contributed by atoms with Gasteiger partial charge in [-0.25, -0.2) is 21.1 Å². The summed E-state index contributed by atoms with van der Waals surface area (Å²) in [6, 6.07) is 11.3. The van der Waals surface area contributed by atoms with Crippen molar-refractivity contribution in [3.8, 4) is 0 Å². The van der Waals surface area contributed by atoms with Gasteiger partial charge in [-0.15, -0.1) is 0 Å². The first kappa shape index (κ1) is 27.0. The largest absolute Gasteiger partial charge is 0.348 e. The second-order valence-electron chi connectivity index (χ2n) is 8.70. The first-order chi connectivity index (χ1) is 15.2. The van der Waals surface area contributed by atoms with E-state index in [1.165, 1.54) is 38.4 Å². The van der Waals surface area contributed by atoms with Crippen molar-refractivity contribution < 1.29 is 21.6 Å². The minimum atomic E-state index is -3.88. The summed E-state index contributed by atoms with van der Waals surface area (Å²) in [4.78, 5) is 13.2. The zero-order valence-corrected chi connectivity index (χ0v) is 21.5. The van der Waals surface area contributed by atoms with E-state index in [9.17, 15) is 21.6 Å². The van der Waals surface area contributed by atoms with Crippen molar-refractivity contribution in [3.05, 3.63) is 59.7 Å². The zero-order chi connectivity index (χ0) is 25.0. The lowest BCUT2D eigenvalue weighted by Gasteiger charge is -2.23. The quantitative estimate of drug-likeness (QED) is 0.526. The normalized spacial score (nSPS) is 14.3. The molecule has 2 N–H and O–H groups in total. The molecule has 2 aromatic rings. The topological polar surface area (TPSA) is 113 Å². The molecule has 0 saturated carbocycles. The standard InChI is InChI=1S/C23H33N3O5S2/c1-16(2)15-22(25-32(28,29)20-11-7-17(3)8-12-20)23(27)24-18(4)19-9-13-21(14-10-19)33(30,31)26(5)6/h7-14,16,18,22,25H,15H2,1-6H3,(H,24,27). The molecule has 33 heavy (non-hydrogen) atoms. The summed E-state index contributed by atoms with van der Waals surface area (Å²) >= 11 is 0. The average Bonchev–Trinajstić information content (AvgIpc) is 2.73. The Kier molecular flexibility index (Phi) is 8.81. The number of amides is 1. The van der Waals surface area contributed by atoms with Crippen LogP contribution in [-0.2, 0) is 24.8 Å². The summed E-state index contributed by atoms with van der Waals surface area (Å²) in [7, 11) is -4.52. The summed E-state index contributed by atoms with van der Waals surface area (Å²) < 4.78 is 53.8. The van der Waals surface area contributed by atoms with Crippen molar-refractivity contribution in [1.82, 2.24) is 14.3 Å². The van der Waals surface area contributed by atoms with Gasteiger partial charge in [0.05, 0.1) is 15.8 Å². The number of hydrogen-bond acceptors (Lipinski definition) is 5. The molecule has 2 rings (SSSR count). The highest BCUT2D eigenvalue weighted by Crippen LogP contribution is 2.19. The van der Waals surface area contributed by atoms with Gasteiger partial charge in [0.1, 0.15) is 6.04 Å². The first-order valence-electron chi connectivity index (χ1n) is 10.7. The van der Waals surface area contributed by atoms with Gasteiger partial charge in [0.15, 0.2) is 0 Å². The summed E-state index contributed by atoms with van der Waals surface area (Å²) in [5, 5.41) is 2.84. The minimum Gasteiger partial charge on any atom is -0.348 e. The molecule has 0 spiro atoms. The number of carbonyl (C=O) groups excluding carboxylic acids is 1. The highest BCUT2D eigenvalue weighted by molar-refractivity contribution is 7.89. The minimum absolute atomic E-state index is 0.0762. The number of sulfonamides is 2. The maximum Gasteiger partial charge on any atom is 0.242 e. The maximum absolute atomic E-state index is 13.0. The molecule has 0 bridgehead atoms. The highest BCUT2D eigenvalue weighted by Gasteiger charge is 2.27. The third-order valence-electron chi connectivity index (χ3n) is 5.17. The first-order valence-corrected chi connectivity index (χ1v) is 13.6. The molecule has 0 aliphatic carbocycles. The van der Waals surface area contributed by atoms with Crippen LogP contribution in [0.15, 0.2) is 58.3 Å². The molecule has 0 aromatic heterocycles. The smallest absolute Gasteiger partial charge is 0.242 e. The van der Waals surface area contributed by atoms with Crippen molar-refractivity contribution >= 4 is 26.0 Å². The van der Waals surface area contributed by atoms with E-state index in [4.69, 9.17) is 0 Å². The Hall–Kier alpha value is -2.27. The van der Waals surface area contributed by atoms with Crippen LogP contribution in [0.25, 0.3) is 0 Å². The van der Waals surface area contributed by atoms with Crippen LogP contribution in [0.4, 0.5) is 0 Å². The van der Waals surface area contributed by atoms with Crippen molar-refractivity contribution in [2.75, 3.05) is 14.1 Å².